The number of benzene rings is 1. The van der Waals surface area contributed by atoms with Crippen molar-refractivity contribution in [2.45, 2.75) is 31.9 Å². The summed E-state index contributed by atoms with van der Waals surface area (Å²) in [5.74, 6) is 1.28. The predicted octanol–water partition coefficient (Wildman–Crippen LogP) is 2.78. The van der Waals surface area contributed by atoms with Gasteiger partial charge in [-0.05, 0) is 31.0 Å². The van der Waals surface area contributed by atoms with Gasteiger partial charge in [-0.25, -0.2) is 0 Å². The summed E-state index contributed by atoms with van der Waals surface area (Å²) in [6, 6.07) is 5.49. The zero-order chi connectivity index (χ0) is 15.2. The van der Waals surface area contributed by atoms with E-state index in [4.69, 9.17) is 10.2 Å². The molecule has 0 fully saturated rings. The van der Waals surface area contributed by atoms with Gasteiger partial charge < -0.3 is 15.5 Å². The third kappa shape index (κ3) is 4.49. The molecule has 0 aliphatic carbocycles. The lowest BCUT2D eigenvalue weighted by Crippen LogP contribution is -2.12. The molecular weight excluding hydrogens is 288 g/mol. The number of aromatic nitrogens is 2. The van der Waals surface area contributed by atoms with E-state index in [-0.39, 0.29) is 5.91 Å². The minimum Gasteiger partial charge on any atom is -0.416 e. The number of amides is 1. The molecule has 0 aliphatic heterocycles. The lowest BCUT2D eigenvalue weighted by molar-refractivity contribution is -0.116. The molecule has 0 saturated carbocycles. The summed E-state index contributed by atoms with van der Waals surface area (Å²) >= 11 is 1.45. The summed E-state index contributed by atoms with van der Waals surface area (Å²) in [5, 5.41) is 11.0. The largest absolute Gasteiger partial charge is 0.416 e. The van der Waals surface area contributed by atoms with Crippen molar-refractivity contribution in [2.24, 2.45) is 0 Å². The monoisotopic (exact) mass is 306 g/mol. The lowest BCUT2D eigenvalue weighted by Gasteiger charge is -2.09. The van der Waals surface area contributed by atoms with Gasteiger partial charge in [0.2, 0.25) is 11.8 Å². The topological polar surface area (TPSA) is 94.0 Å². The fraction of sp³-hybridized carbons (Fsp3) is 0.357. The molecule has 1 aromatic carbocycles. The molecule has 2 rings (SSSR count). The van der Waals surface area contributed by atoms with Crippen molar-refractivity contribution in [3.63, 3.8) is 0 Å². The average Bonchev–Trinajstić information content (AvgIpc) is 2.86. The van der Waals surface area contributed by atoms with Crippen LogP contribution in [0, 0.1) is 13.8 Å². The number of carbonyl (C=O) groups excluding carboxylic acids is 1. The highest BCUT2D eigenvalue weighted by Gasteiger charge is 2.07. The number of nitrogen functional groups attached to an aromatic ring is 1. The third-order valence-corrected chi connectivity index (χ3v) is 3.84. The molecule has 0 radical (unpaired) electrons. The molecular formula is C14H18N4O2S. The Morgan fingerprint density at radius 3 is 2.90 bits per heavy atom. The van der Waals surface area contributed by atoms with Crippen molar-refractivity contribution in [3.05, 3.63) is 29.7 Å². The van der Waals surface area contributed by atoms with Gasteiger partial charge in [0.1, 0.15) is 0 Å². The Balaban J connectivity index is 1.73. The number of nitrogens with two attached hydrogens (primary N) is 1. The quantitative estimate of drug-likeness (QED) is 0.484. The van der Waals surface area contributed by atoms with Crippen molar-refractivity contribution in [1.82, 2.24) is 10.2 Å². The van der Waals surface area contributed by atoms with Crippen molar-refractivity contribution in [2.75, 3.05) is 16.8 Å². The minimum absolute atomic E-state index is 0.0222. The number of anilines is 2. The van der Waals surface area contributed by atoms with Crippen LogP contribution in [0.1, 0.15) is 24.3 Å². The molecule has 21 heavy (non-hydrogen) atoms. The van der Waals surface area contributed by atoms with Gasteiger partial charge in [-0.2, -0.15) is 0 Å². The van der Waals surface area contributed by atoms with E-state index in [1.165, 1.54) is 11.8 Å². The van der Waals surface area contributed by atoms with Gasteiger partial charge in [0.25, 0.3) is 5.22 Å². The van der Waals surface area contributed by atoms with E-state index < -0.39 is 0 Å². The summed E-state index contributed by atoms with van der Waals surface area (Å²) in [7, 11) is 0. The average molecular weight is 306 g/mol. The molecule has 0 saturated heterocycles. The normalized spacial score (nSPS) is 10.6. The molecule has 7 heteroatoms. The summed E-state index contributed by atoms with van der Waals surface area (Å²) in [5.41, 5.74) is 8.14. The smallest absolute Gasteiger partial charge is 0.276 e. The number of nitrogens with zero attached hydrogens (tertiary/aromatic N) is 2. The van der Waals surface area contributed by atoms with Gasteiger partial charge in [-0.15, -0.1) is 10.2 Å². The molecule has 3 N–H and O–H groups in total. The number of thioether (sulfide) groups is 1. The maximum atomic E-state index is 11.9. The number of carbonyl (C=O) groups is 1. The SMILES string of the molecule is Cc1nnc(SCCCC(=O)Nc2cccc(N)c2C)o1. The number of rotatable bonds is 6. The van der Waals surface area contributed by atoms with Gasteiger partial charge in [0, 0.05) is 30.5 Å². The number of hydrogen-bond acceptors (Lipinski definition) is 6. The molecule has 6 nitrogen and oxygen atoms in total. The highest BCUT2D eigenvalue weighted by atomic mass is 32.2. The first-order valence-corrected chi connectivity index (χ1v) is 7.62. The van der Waals surface area contributed by atoms with Crippen LogP contribution in [0.3, 0.4) is 0 Å². The van der Waals surface area contributed by atoms with Crippen LogP contribution in [-0.4, -0.2) is 21.9 Å². The van der Waals surface area contributed by atoms with Crippen molar-refractivity contribution in [3.8, 4) is 0 Å². The van der Waals surface area contributed by atoms with E-state index in [0.717, 1.165) is 23.4 Å². The molecule has 0 spiro atoms. The lowest BCUT2D eigenvalue weighted by atomic mass is 10.1. The van der Waals surface area contributed by atoms with Crippen LogP contribution in [0.4, 0.5) is 11.4 Å². The van der Waals surface area contributed by atoms with Crippen molar-refractivity contribution in [1.29, 1.82) is 0 Å². The van der Waals surface area contributed by atoms with Gasteiger partial charge in [-0.1, -0.05) is 17.8 Å². The Labute approximate surface area is 127 Å². The maximum absolute atomic E-state index is 11.9. The van der Waals surface area contributed by atoms with Gasteiger partial charge in [0.15, 0.2) is 0 Å². The van der Waals surface area contributed by atoms with Gasteiger partial charge >= 0.3 is 0 Å². The molecule has 1 amide bonds. The van der Waals surface area contributed by atoms with Crippen LogP contribution in [0.5, 0.6) is 0 Å². The zero-order valence-electron chi connectivity index (χ0n) is 12.0. The minimum atomic E-state index is -0.0222. The Hall–Kier alpha value is -2.02. The Kier molecular flexibility index (Phi) is 5.21. The Bertz CT molecular complexity index is 627. The predicted molar refractivity (Wildman–Crippen MR) is 83.2 cm³/mol. The fourth-order valence-corrected chi connectivity index (χ4v) is 2.47. The third-order valence-electron chi connectivity index (χ3n) is 2.93. The molecule has 1 heterocycles. The van der Waals surface area contributed by atoms with Crippen LogP contribution in [-0.2, 0) is 4.79 Å². The Morgan fingerprint density at radius 2 is 2.19 bits per heavy atom. The van der Waals surface area contributed by atoms with Crippen molar-refractivity contribution < 1.29 is 9.21 Å². The molecule has 0 aliphatic rings. The number of aryl methyl sites for hydroxylation is 1. The second-order valence-electron chi connectivity index (χ2n) is 4.61. The molecule has 0 atom stereocenters. The van der Waals surface area contributed by atoms with Crippen LogP contribution in [0.2, 0.25) is 0 Å². The van der Waals surface area contributed by atoms with E-state index in [1.807, 2.05) is 25.1 Å². The van der Waals surface area contributed by atoms with E-state index in [1.54, 1.807) is 6.92 Å². The fourth-order valence-electron chi connectivity index (χ4n) is 1.73. The molecule has 1 aromatic heterocycles. The van der Waals surface area contributed by atoms with Gasteiger partial charge in [-0.3, -0.25) is 4.79 Å². The second-order valence-corrected chi connectivity index (χ2v) is 5.65. The zero-order valence-corrected chi connectivity index (χ0v) is 12.9. The highest BCUT2D eigenvalue weighted by Crippen LogP contribution is 2.21. The first-order valence-electron chi connectivity index (χ1n) is 6.64. The van der Waals surface area contributed by atoms with E-state index in [9.17, 15) is 4.79 Å². The maximum Gasteiger partial charge on any atom is 0.276 e. The van der Waals surface area contributed by atoms with Crippen LogP contribution < -0.4 is 11.1 Å². The van der Waals surface area contributed by atoms with Crippen LogP contribution in [0.15, 0.2) is 27.8 Å². The molecule has 112 valence electrons. The van der Waals surface area contributed by atoms with Gasteiger partial charge in [0.05, 0.1) is 0 Å². The van der Waals surface area contributed by atoms with E-state index in [2.05, 4.69) is 15.5 Å². The Morgan fingerprint density at radius 1 is 1.38 bits per heavy atom. The number of hydrogen-bond donors (Lipinski definition) is 2. The second kappa shape index (κ2) is 7.12. The number of nitrogens with one attached hydrogen (secondary N) is 1. The summed E-state index contributed by atoms with van der Waals surface area (Å²) in [6.45, 7) is 3.64. The molecule has 0 bridgehead atoms. The summed E-state index contributed by atoms with van der Waals surface area (Å²) < 4.78 is 5.24. The van der Waals surface area contributed by atoms with Crippen LogP contribution >= 0.6 is 11.8 Å². The van der Waals surface area contributed by atoms with E-state index >= 15 is 0 Å². The molecule has 0 unspecified atom stereocenters. The summed E-state index contributed by atoms with van der Waals surface area (Å²) in [6.07, 6.45) is 1.17. The molecule has 2 aromatic rings. The highest BCUT2D eigenvalue weighted by molar-refractivity contribution is 7.99. The van der Waals surface area contributed by atoms with Crippen LogP contribution in [0.25, 0.3) is 0 Å². The van der Waals surface area contributed by atoms with E-state index in [0.29, 0.717) is 23.2 Å². The first-order chi connectivity index (χ1) is 10.1. The van der Waals surface area contributed by atoms with Crippen molar-refractivity contribution >= 4 is 29.0 Å². The standard InChI is InChI=1S/C14H18N4O2S/c1-9-11(15)5-3-6-12(9)16-13(19)7-4-8-21-14-18-17-10(2)20-14/h3,5-6H,4,7-8,15H2,1-2H3,(H,16,19). The first kappa shape index (κ1) is 15.4. The summed E-state index contributed by atoms with van der Waals surface area (Å²) in [4.78, 5) is 11.9.